The molecule has 0 bridgehead atoms. The van der Waals surface area contributed by atoms with Gasteiger partial charge in [-0.05, 0) is 13.0 Å². The van der Waals surface area contributed by atoms with E-state index in [1.807, 2.05) is 0 Å². The molecule has 0 aromatic carbocycles. The topological polar surface area (TPSA) is 29.4 Å². The number of carbonyl (C=O) groups is 1. The molecule has 0 heterocycles. The first-order valence-corrected chi connectivity index (χ1v) is 4.24. The second-order valence-corrected chi connectivity index (χ2v) is 2.95. The molecule has 0 radical (unpaired) electrons. The van der Waals surface area contributed by atoms with Crippen LogP contribution >= 0.6 is 0 Å². The average molecular weight is 243 g/mol. The summed E-state index contributed by atoms with van der Waals surface area (Å²) < 4.78 is 61.5. The fourth-order valence-corrected chi connectivity index (χ4v) is 0.770. The van der Waals surface area contributed by atoms with E-state index in [1.54, 1.807) is 0 Å². The predicted molar refractivity (Wildman–Crippen MR) is 48.8 cm³/mol. The fraction of sp³-hybridized carbons (Fsp3) is 0.556. The molecule has 0 amide bonds. The molecule has 0 aliphatic heterocycles. The standard InChI is InChI=1S/C9H10F5NO/c1-3-4-7(9(13,14)6(2)16)15-5-8(10,11)12/h3-4H,5H2,1-2H3/b4-3-,15-7+. The van der Waals surface area contributed by atoms with Gasteiger partial charge in [-0.15, -0.1) is 0 Å². The van der Waals surface area contributed by atoms with Crippen LogP contribution in [0.2, 0.25) is 0 Å². The first-order chi connectivity index (χ1) is 7.11. The number of carbonyl (C=O) groups excluding carboxylic acids is 1. The van der Waals surface area contributed by atoms with Crippen LogP contribution in [-0.4, -0.2) is 30.1 Å². The predicted octanol–water partition coefficient (Wildman–Crippen LogP) is 2.79. The molecule has 0 aromatic heterocycles. The van der Waals surface area contributed by atoms with Crippen molar-refractivity contribution >= 4 is 11.5 Å². The first-order valence-electron chi connectivity index (χ1n) is 4.24. The van der Waals surface area contributed by atoms with Gasteiger partial charge >= 0.3 is 12.1 Å². The van der Waals surface area contributed by atoms with Crippen molar-refractivity contribution in [2.45, 2.75) is 25.9 Å². The van der Waals surface area contributed by atoms with Crippen LogP contribution in [-0.2, 0) is 4.79 Å². The minimum Gasteiger partial charge on any atom is -0.293 e. The lowest BCUT2D eigenvalue weighted by Crippen LogP contribution is -2.36. The Morgan fingerprint density at radius 2 is 1.75 bits per heavy atom. The fourth-order valence-electron chi connectivity index (χ4n) is 0.770. The number of hydrogen-bond acceptors (Lipinski definition) is 2. The summed E-state index contributed by atoms with van der Waals surface area (Å²) in [5.74, 6) is -5.54. The third-order valence-electron chi connectivity index (χ3n) is 1.52. The Morgan fingerprint density at radius 3 is 2.06 bits per heavy atom. The van der Waals surface area contributed by atoms with Crippen molar-refractivity contribution in [3.05, 3.63) is 12.2 Å². The van der Waals surface area contributed by atoms with Crippen LogP contribution in [0.3, 0.4) is 0 Å². The van der Waals surface area contributed by atoms with E-state index >= 15 is 0 Å². The van der Waals surface area contributed by atoms with Gasteiger partial charge in [0.25, 0.3) is 0 Å². The molecule has 16 heavy (non-hydrogen) atoms. The SMILES string of the molecule is C/C=C\C(=N/CC(F)(F)F)C(F)(F)C(C)=O. The van der Waals surface area contributed by atoms with Gasteiger partial charge in [0.05, 0.1) is 0 Å². The van der Waals surface area contributed by atoms with Gasteiger partial charge in [0.1, 0.15) is 12.3 Å². The number of Topliss-reactive ketones (excluding diaryl/α,β-unsaturated/α-hetero) is 1. The highest BCUT2D eigenvalue weighted by molar-refractivity contribution is 6.15. The van der Waals surface area contributed by atoms with Crippen LogP contribution in [0.25, 0.3) is 0 Å². The lowest BCUT2D eigenvalue weighted by atomic mass is 10.1. The van der Waals surface area contributed by atoms with Crippen LogP contribution in [0.4, 0.5) is 22.0 Å². The molecule has 0 spiro atoms. The number of nitrogens with zero attached hydrogens (tertiary/aromatic N) is 1. The summed E-state index contributed by atoms with van der Waals surface area (Å²) in [6, 6.07) is 0. The second-order valence-electron chi connectivity index (χ2n) is 2.95. The second kappa shape index (κ2) is 5.18. The summed E-state index contributed by atoms with van der Waals surface area (Å²) in [6.45, 7) is 0.182. The Labute approximate surface area is 88.9 Å². The Kier molecular flexibility index (Phi) is 4.77. The van der Waals surface area contributed by atoms with Gasteiger partial charge < -0.3 is 0 Å². The van der Waals surface area contributed by atoms with Crippen molar-refractivity contribution < 1.29 is 26.7 Å². The van der Waals surface area contributed by atoms with Crippen molar-refractivity contribution in [3.63, 3.8) is 0 Å². The van der Waals surface area contributed by atoms with Gasteiger partial charge in [-0.1, -0.05) is 6.08 Å². The van der Waals surface area contributed by atoms with E-state index in [1.165, 1.54) is 6.92 Å². The van der Waals surface area contributed by atoms with Crippen molar-refractivity contribution in [3.8, 4) is 0 Å². The van der Waals surface area contributed by atoms with Crippen LogP contribution < -0.4 is 0 Å². The summed E-state index contributed by atoms with van der Waals surface area (Å²) in [5.41, 5.74) is -1.18. The molecule has 0 N–H and O–H groups in total. The number of alkyl halides is 5. The van der Waals surface area contributed by atoms with Gasteiger partial charge in [-0.3, -0.25) is 9.79 Å². The summed E-state index contributed by atoms with van der Waals surface area (Å²) >= 11 is 0. The number of rotatable bonds is 4. The molecular formula is C9H10F5NO. The Morgan fingerprint density at radius 1 is 1.25 bits per heavy atom. The van der Waals surface area contributed by atoms with E-state index in [9.17, 15) is 26.7 Å². The van der Waals surface area contributed by atoms with Gasteiger partial charge in [0.2, 0.25) is 5.78 Å². The highest BCUT2D eigenvalue weighted by Crippen LogP contribution is 2.21. The van der Waals surface area contributed by atoms with E-state index in [0.29, 0.717) is 13.0 Å². The van der Waals surface area contributed by atoms with E-state index < -0.39 is 30.1 Å². The van der Waals surface area contributed by atoms with Gasteiger partial charge in [-0.2, -0.15) is 22.0 Å². The lowest BCUT2D eigenvalue weighted by molar-refractivity contribution is -0.132. The third kappa shape index (κ3) is 4.50. The molecule has 7 heteroatoms. The molecule has 0 aromatic rings. The number of ketones is 1. The Balaban J connectivity index is 5.09. The molecule has 0 saturated carbocycles. The monoisotopic (exact) mass is 243 g/mol. The highest BCUT2D eigenvalue weighted by Gasteiger charge is 2.40. The minimum absolute atomic E-state index is 0.590. The average Bonchev–Trinajstić information content (AvgIpc) is 2.10. The number of aliphatic imine (C=N–C) groups is 1. The number of allylic oxidation sites excluding steroid dienone is 2. The van der Waals surface area contributed by atoms with Crippen molar-refractivity contribution in [2.75, 3.05) is 6.54 Å². The third-order valence-corrected chi connectivity index (χ3v) is 1.52. The molecule has 2 nitrogen and oxygen atoms in total. The van der Waals surface area contributed by atoms with Gasteiger partial charge in [0.15, 0.2) is 0 Å². The lowest BCUT2D eigenvalue weighted by Gasteiger charge is -2.13. The highest BCUT2D eigenvalue weighted by atomic mass is 19.4. The van der Waals surface area contributed by atoms with Crippen LogP contribution in [0.15, 0.2) is 17.1 Å². The molecule has 0 fully saturated rings. The minimum atomic E-state index is -4.68. The maximum Gasteiger partial charge on any atom is 0.407 e. The van der Waals surface area contributed by atoms with Gasteiger partial charge in [0, 0.05) is 6.92 Å². The number of hydrogen-bond donors (Lipinski definition) is 0. The molecule has 0 unspecified atom stereocenters. The summed E-state index contributed by atoms with van der Waals surface area (Å²) in [4.78, 5) is 13.3. The Bertz CT molecular complexity index is 316. The summed E-state index contributed by atoms with van der Waals surface area (Å²) in [5, 5.41) is 0. The molecule has 0 saturated heterocycles. The normalized spacial score (nSPS) is 14.6. The molecule has 0 rings (SSSR count). The zero-order valence-corrected chi connectivity index (χ0v) is 8.61. The summed E-state index contributed by atoms with van der Waals surface area (Å²) in [7, 11) is 0. The van der Waals surface area contributed by atoms with E-state index in [2.05, 4.69) is 4.99 Å². The van der Waals surface area contributed by atoms with E-state index in [0.717, 1.165) is 6.08 Å². The smallest absolute Gasteiger partial charge is 0.293 e. The molecular weight excluding hydrogens is 233 g/mol. The Hall–Kier alpha value is -1.27. The maximum atomic E-state index is 13.1. The molecule has 0 atom stereocenters. The molecule has 0 aliphatic rings. The largest absolute Gasteiger partial charge is 0.407 e. The quantitative estimate of drug-likeness (QED) is 0.551. The molecule has 0 aliphatic carbocycles. The molecule has 92 valence electrons. The van der Waals surface area contributed by atoms with Crippen molar-refractivity contribution in [2.24, 2.45) is 4.99 Å². The van der Waals surface area contributed by atoms with Crippen LogP contribution in [0.1, 0.15) is 13.8 Å². The zero-order valence-electron chi connectivity index (χ0n) is 8.61. The zero-order chi connectivity index (χ0) is 13.0. The van der Waals surface area contributed by atoms with E-state index in [-0.39, 0.29) is 0 Å². The number of halogens is 5. The van der Waals surface area contributed by atoms with Crippen molar-refractivity contribution in [1.82, 2.24) is 0 Å². The van der Waals surface area contributed by atoms with Gasteiger partial charge in [-0.25, -0.2) is 0 Å². The summed E-state index contributed by atoms with van der Waals surface area (Å²) in [6.07, 6.45) is -2.90. The maximum absolute atomic E-state index is 13.1. The van der Waals surface area contributed by atoms with E-state index in [4.69, 9.17) is 0 Å². The van der Waals surface area contributed by atoms with Crippen molar-refractivity contribution in [1.29, 1.82) is 0 Å². The van der Waals surface area contributed by atoms with Crippen LogP contribution in [0, 0.1) is 0 Å². The first kappa shape index (κ1) is 14.7. The van der Waals surface area contributed by atoms with Crippen LogP contribution in [0.5, 0.6) is 0 Å².